The Hall–Kier alpha value is -1.35. The summed E-state index contributed by atoms with van der Waals surface area (Å²) >= 11 is 5.98. The Morgan fingerprint density at radius 3 is 2.94 bits per heavy atom. The average Bonchev–Trinajstić information content (AvgIpc) is 2.72. The highest BCUT2D eigenvalue weighted by atomic mass is 35.5. The summed E-state index contributed by atoms with van der Waals surface area (Å²) in [4.78, 5) is 0. The summed E-state index contributed by atoms with van der Waals surface area (Å²) in [6, 6.07) is 7.74. The van der Waals surface area contributed by atoms with E-state index in [0.717, 1.165) is 29.2 Å². The first kappa shape index (κ1) is 9.85. The third-order valence-corrected chi connectivity index (χ3v) is 3.21. The van der Waals surface area contributed by atoms with Gasteiger partial charge in [0.05, 0.1) is 17.1 Å². The number of benzene rings is 1. The lowest BCUT2D eigenvalue weighted by molar-refractivity contribution is 0.652. The van der Waals surface area contributed by atoms with Gasteiger partial charge >= 0.3 is 0 Å². The lowest BCUT2D eigenvalue weighted by atomic mass is 10.0. The van der Waals surface area contributed by atoms with E-state index in [2.05, 4.69) is 10.3 Å². The van der Waals surface area contributed by atoms with E-state index in [9.17, 15) is 0 Å². The predicted molar refractivity (Wildman–Crippen MR) is 63.0 cm³/mol. The van der Waals surface area contributed by atoms with Gasteiger partial charge in [-0.25, -0.2) is 4.68 Å². The van der Waals surface area contributed by atoms with Gasteiger partial charge in [0.2, 0.25) is 0 Å². The Labute approximate surface area is 99.0 Å². The van der Waals surface area contributed by atoms with Gasteiger partial charge in [-0.1, -0.05) is 22.9 Å². The van der Waals surface area contributed by atoms with Gasteiger partial charge in [0.25, 0.3) is 0 Å². The van der Waals surface area contributed by atoms with Crippen molar-refractivity contribution in [3.8, 4) is 5.69 Å². The van der Waals surface area contributed by atoms with E-state index in [1.807, 2.05) is 28.9 Å². The van der Waals surface area contributed by atoms with Crippen molar-refractivity contribution in [3.05, 3.63) is 40.7 Å². The molecule has 1 heterocycles. The highest BCUT2D eigenvalue weighted by Crippen LogP contribution is 2.22. The summed E-state index contributed by atoms with van der Waals surface area (Å²) in [7, 11) is 0. The second kappa shape index (κ2) is 3.91. The highest BCUT2D eigenvalue weighted by Gasteiger charge is 2.17. The Morgan fingerprint density at radius 2 is 2.06 bits per heavy atom. The minimum Gasteiger partial charge on any atom is -0.217 e. The van der Waals surface area contributed by atoms with Crippen molar-refractivity contribution >= 4 is 11.6 Å². The van der Waals surface area contributed by atoms with Gasteiger partial charge in [0, 0.05) is 5.02 Å². The first-order valence-electron chi connectivity index (χ1n) is 5.54. The topological polar surface area (TPSA) is 30.7 Å². The van der Waals surface area contributed by atoms with Crippen LogP contribution >= 0.6 is 11.6 Å². The molecule has 0 saturated carbocycles. The molecule has 16 heavy (non-hydrogen) atoms. The Bertz CT molecular complexity index is 519. The molecule has 0 amide bonds. The highest BCUT2D eigenvalue weighted by molar-refractivity contribution is 6.30. The number of nitrogens with zero attached hydrogens (tertiary/aromatic N) is 3. The Kier molecular flexibility index (Phi) is 2.40. The van der Waals surface area contributed by atoms with Crippen LogP contribution in [0.5, 0.6) is 0 Å². The van der Waals surface area contributed by atoms with Crippen LogP contribution in [0.25, 0.3) is 5.69 Å². The Morgan fingerprint density at radius 1 is 1.19 bits per heavy atom. The fourth-order valence-electron chi connectivity index (χ4n) is 2.18. The van der Waals surface area contributed by atoms with Gasteiger partial charge in [0.1, 0.15) is 0 Å². The van der Waals surface area contributed by atoms with Gasteiger partial charge in [-0.15, -0.1) is 5.10 Å². The van der Waals surface area contributed by atoms with Crippen LogP contribution in [0.4, 0.5) is 0 Å². The molecule has 82 valence electrons. The summed E-state index contributed by atoms with van der Waals surface area (Å²) in [5.41, 5.74) is 3.39. The van der Waals surface area contributed by atoms with Crippen LogP contribution < -0.4 is 0 Å². The third kappa shape index (κ3) is 1.61. The van der Waals surface area contributed by atoms with E-state index >= 15 is 0 Å². The fourth-order valence-corrected chi connectivity index (χ4v) is 2.36. The molecule has 3 rings (SSSR count). The smallest absolute Gasteiger partial charge is 0.0863 e. The zero-order valence-electron chi connectivity index (χ0n) is 8.86. The minimum atomic E-state index is 0.734. The molecule has 1 aliphatic carbocycles. The van der Waals surface area contributed by atoms with Crippen molar-refractivity contribution in [2.75, 3.05) is 0 Å². The maximum Gasteiger partial charge on any atom is 0.0863 e. The zero-order chi connectivity index (χ0) is 11.0. The molecule has 1 aromatic carbocycles. The molecule has 0 spiro atoms. The molecule has 0 N–H and O–H groups in total. The molecular formula is C12H12ClN3. The summed E-state index contributed by atoms with van der Waals surface area (Å²) in [6.07, 6.45) is 4.56. The van der Waals surface area contributed by atoms with Crippen LogP contribution in [-0.2, 0) is 12.8 Å². The lowest BCUT2D eigenvalue weighted by Crippen LogP contribution is -2.07. The van der Waals surface area contributed by atoms with E-state index in [0.29, 0.717) is 0 Å². The van der Waals surface area contributed by atoms with E-state index in [1.54, 1.807) is 0 Å². The van der Waals surface area contributed by atoms with E-state index in [1.165, 1.54) is 18.5 Å². The number of rotatable bonds is 1. The van der Waals surface area contributed by atoms with Crippen LogP contribution in [0.1, 0.15) is 24.2 Å². The first-order chi connectivity index (χ1) is 7.84. The number of fused-ring (bicyclic) bond motifs is 1. The molecule has 0 unspecified atom stereocenters. The number of halogens is 1. The first-order valence-corrected chi connectivity index (χ1v) is 5.92. The molecule has 3 nitrogen and oxygen atoms in total. The standard InChI is InChI=1S/C12H12ClN3/c13-9-4-3-5-10(8-9)16-12-7-2-1-6-11(12)14-15-16/h3-5,8H,1-2,6-7H2. The largest absolute Gasteiger partial charge is 0.217 e. The van der Waals surface area contributed by atoms with E-state index in [4.69, 9.17) is 11.6 Å². The quantitative estimate of drug-likeness (QED) is 0.758. The summed E-state index contributed by atoms with van der Waals surface area (Å²) in [5.74, 6) is 0. The second-order valence-electron chi connectivity index (χ2n) is 4.08. The predicted octanol–water partition coefficient (Wildman–Crippen LogP) is 2.80. The molecule has 1 aliphatic rings. The molecule has 4 heteroatoms. The summed E-state index contributed by atoms with van der Waals surface area (Å²) < 4.78 is 1.92. The third-order valence-electron chi connectivity index (χ3n) is 2.97. The van der Waals surface area contributed by atoms with Crippen molar-refractivity contribution < 1.29 is 0 Å². The van der Waals surface area contributed by atoms with Gasteiger partial charge in [0.15, 0.2) is 0 Å². The minimum absolute atomic E-state index is 0.734. The normalized spacial score (nSPS) is 14.8. The van der Waals surface area contributed by atoms with Crippen molar-refractivity contribution in [2.45, 2.75) is 25.7 Å². The average molecular weight is 234 g/mol. The maximum absolute atomic E-state index is 5.98. The molecule has 0 aliphatic heterocycles. The maximum atomic E-state index is 5.98. The van der Waals surface area contributed by atoms with E-state index < -0.39 is 0 Å². The Balaban J connectivity index is 2.09. The van der Waals surface area contributed by atoms with Crippen LogP contribution in [0.3, 0.4) is 0 Å². The van der Waals surface area contributed by atoms with Crippen molar-refractivity contribution in [1.29, 1.82) is 0 Å². The van der Waals surface area contributed by atoms with Crippen molar-refractivity contribution in [2.24, 2.45) is 0 Å². The van der Waals surface area contributed by atoms with Gasteiger partial charge < -0.3 is 0 Å². The van der Waals surface area contributed by atoms with Crippen LogP contribution in [0, 0.1) is 0 Å². The van der Waals surface area contributed by atoms with Gasteiger partial charge in [-0.3, -0.25) is 0 Å². The van der Waals surface area contributed by atoms with Crippen LogP contribution in [0.2, 0.25) is 5.02 Å². The molecular weight excluding hydrogens is 222 g/mol. The number of aryl methyl sites for hydroxylation is 1. The van der Waals surface area contributed by atoms with Crippen LogP contribution in [-0.4, -0.2) is 15.0 Å². The van der Waals surface area contributed by atoms with Crippen LogP contribution in [0.15, 0.2) is 24.3 Å². The molecule has 0 saturated heterocycles. The van der Waals surface area contributed by atoms with Gasteiger partial charge in [-0.05, 0) is 43.9 Å². The SMILES string of the molecule is Clc1cccc(-n2nnc3c2CCCC3)c1. The number of aromatic nitrogens is 3. The molecule has 1 aromatic heterocycles. The number of hydrogen-bond acceptors (Lipinski definition) is 2. The fraction of sp³-hybridized carbons (Fsp3) is 0.333. The van der Waals surface area contributed by atoms with Gasteiger partial charge in [-0.2, -0.15) is 0 Å². The summed E-state index contributed by atoms with van der Waals surface area (Å²) in [5, 5.41) is 9.18. The second-order valence-corrected chi connectivity index (χ2v) is 4.52. The molecule has 2 aromatic rings. The molecule has 0 atom stereocenters. The lowest BCUT2D eigenvalue weighted by Gasteiger charge is -2.11. The summed E-state index contributed by atoms with van der Waals surface area (Å²) in [6.45, 7) is 0. The molecule has 0 fully saturated rings. The van der Waals surface area contributed by atoms with E-state index in [-0.39, 0.29) is 0 Å². The molecule has 0 bridgehead atoms. The zero-order valence-corrected chi connectivity index (χ0v) is 9.61. The van der Waals surface area contributed by atoms with Crippen molar-refractivity contribution in [1.82, 2.24) is 15.0 Å². The monoisotopic (exact) mass is 233 g/mol. The molecule has 0 radical (unpaired) electrons. The van der Waals surface area contributed by atoms with Crippen molar-refractivity contribution in [3.63, 3.8) is 0 Å². The number of hydrogen-bond donors (Lipinski definition) is 0.